The van der Waals surface area contributed by atoms with Gasteiger partial charge in [0.05, 0.1) is 5.69 Å². The molecule has 2 aromatic rings. The van der Waals surface area contributed by atoms with Crippen molar-refractivity contribution in [2.24, 2.45) is 0 Å². The number of benzene rings is 1. The van der Waals surface area contributed by atoms with Gasteiger partial charge in [-0.2, -0.15) is 0 Å². The Morgan fingerprint density at radius 3 is 3.00 bits per heavy atom. The molecular weight excluding hydrogens is 292 g/mol. The third-order valence-corrected chi connectivity index (χ3v) is 4.56. The van der Waals surface area contributed by atoms with Crippen LogP contribution in [0.4, 0.5) is 5.13 Å². The van der Waals surface area contributed by atoms with Gasteiger partial charge in [-0.1, -0.05) is 29.8 Å². The topological polar surface area (TPSA) is 42.0 Å². The molecule has 1 N–H and O–H groups in total. The lowest BCUT2D eigenvalue weighted by Crippen LogP contribution is -2.07. The Morgan fingerprint density at radius 2 is 2.20 bits per heavy atom. The van der Waals surface area contributed by atoms with Crippen molar-refractivity contribution < 1.29 is 4.79 Å². The van der Waals surface area contributed by atoms with Crippen LogP contribution in [0, 0.1) is 0 Å². The van der Waals surface area contributed by atoms with Crippen molar-refractivity contribution in [3.05, 3.63) is 51.5 Å². The summed E-state index contributed by atoms with van der Waals surface area (Å²) in [5.41, 5.74) is 1.96. The summed E-state index contributed by atoms with van der Waals surface area (Å²) in [6.45, 7) is 0. The van der Waals surface area contributed by atoms with Gasteiger partial charge in [-0.15, -0.1) is 11.3 Å². The van der Waals surface area contributed by atoms with Crippen LogP contribution in [0.3, 0.4) is 0 Å². The van der Waals surface area contributed by atoms with Crippen molar-refractivity contribution in [1.29, 1.82) is 0 Å². The van der Waals surface area contributed by atoms with Gasteiger partial charge in [0.2, 0.25) is 5.91 Å². The van der Waals surface area contributed by atoms with Crippen LogP contribution in [-0.4, -0.2) is 10.9 Å². The maximum Gasteiger partial charge on any atom is 0.250 e. The van der Waals surface area contributed by atoms with Gasteiger partial charge in [-0.05, 0) is 37.0 Å². The zero-order chi connectivity index (χ0) is 13.9. The van der Waals surface area contributed by atoms with Gasteiger partial charge in [0.1, 0.15) is 0 Å². The van der Waals surface area contributed by atoms with Crippen molar-refractivity contribution in [3.8, 4) is 0 Å². The van der Waals surface area contributed by atoms with E-state index in [2.05, 4.69) is 10.3 Å². The molecule has 0 bridgehead atoms. The number of thiazole rings is 1. The number of hydrogen-bond donors (Lipinski definition) is 1. The molecule has 102 valence electrons. The van der Waals surface area contributed by atoms with Crippen LogP contribution in [0.5, 0.6) is 0 Å². The summed E-state index contributed by atoms with van der Waals surface area (Å²) in [4.78, 5) is 17.6. The molecule has 1 amide bonds. The molecule has 20 heavy (non-hydrogen) atoms. The first-order valence-corrected chi connectivity index (χ1v) is 7.64. The number of hydrogen-bond acceptors (Lipinski definition) is 3. The minimum Gasteiger partial charge on any atom is -0.298 e. The summed E-state index contributed by atoms with van der Waals surface area (Å²) in [7, 11) is 0. The molecule has 0 radical (unpaired) electrons. The van der Waals surface area contributed by atoms with E-state index >= 15 is 0 Å². The molecule has 3 nitrogen and oxygen atoms in total. The highest BCUT2D eigenvalue weighted by atomic mass is 35.5. The normalized spacial score (nSPS) is 13.7. The Bertz CT molecular complexity index is 657. The van der Waals surface area contributed by atoms with Crippen LogP contribution in [0.2, 0.25) is 5.02 Å². The number of nitrogens with zero attached hydrogens (tertiary/aromatic N) is 1. The molecular formula is C15H13ClN2OS. The zero-order valence-corrected chi connectivity index (χ0v) is 12.3. The second-order valence-corrected chi connectivity index (χ2v) is 6.08. The highest BCUT2D eigenvalue weighted by Crippen LogP contribution is 2.30. The van der Waals surface area contributed by atoms with E-state index in [0.717, 1.165) is 24.1 Å². The van der Waals surface area contributed by atoms with Gasteiger partial charge < -0.3 is 0 Å². The Balaban J connectivity index is 1.66. The number of fused-ring (bicyclic) bond motifs is 1. The maximum absolute atomic E-state index is 11.8. The first-order chi connectivity index (χ1) is 9.72. The molecule has 3 rings (SSSR count). The van der Waals surface area contributed by atoms with E-state index in [9.17, 15) is 4.79 Å². The van der Waals surface area contributed by atoms with Crippen molar-refractivity contribution in [2.75, 3.05) is 5.32 Å². The van der Waals surface area contributed by atoms with Gasteiger partial charge in [-0.3, -0.25) is 10.1 Å². The number of aromatic nitrogens is 1. The minimum atomic E-state index is -0.183. The largest absolute Gasteiger partial charge is 0.298 e. The molecule has 0 atom stereocenters. The zero-order valence-electron chi connectivity index (χ0n) is 10.7. The fourth-order valence-corrected chi connectivity index (χ4v) is 3.42. The molecule has 1 aromatic carbocycles. The summed E-state index contributed by atoms with van der Waals surface area (Å²) >= 11 is 7.60. The smallest absolute Gasteiger partial charge is 0.250 e. The third kappa shape index (κ3) is 2.92. The molecule has 1 aliphatic rings. The van der Waals surface area contributed by atoms with E-state index < -0.39 is 0 Å². The third-order valence-electron chi connectivity index (χ3n) is 3.15. The lowest BCUT2D eigenvalue weighted by Gasteiger charge is -1.98. The first kappa shape index (κ1) is 13.3. The molecule has 0 spiro atoms. The second kappa shape index (κ2) is 5.77. The van der Waals surface area contributed by atoms with Crippen molar-refractivity contribution in [3.63, 3.8) is 0 Å². The SMILES string of the molecule is O=C(/C=C/c1ccccc1Cl)Nc1nc2c(s1)CCC2. The van der Waals surface area contributed by atoms with Crippen LogP contribution >= 0.6 is 22.9 Å². The summed E-state index contributed by atoms with van der Waals surface area (Å²) in [5.74, 6) is -0.183. The van der Waals surface area contributed by atoms with E-state index in [1.165, 1.54) is 17.4 Å². The summed E-state index contributed by atoms with van der Waals surface area (Å²) < 4.78 is 0. The average molecular weight is 305 g/mol. The van der Waals surface area contributed by atoms with E-state index in [1.54, 1.807) is 23.5 Å². The number of rotatable bonds is 3. The molecule has 0 aliphatic heterocycles. The monoisotopic (exact) mass is 304 g/mol. The van der Waals surface area contributed by atoms with Crippen LogP contribution in [0.1, 0.15) is 22.6 Å². The van der Waals surface area contributed by atoms with Crippen LogP contribution in [0.15, 0.2) is 30.3 Å². The highest BCUT2D eigenvalue weighted by molar-refractivity contribution is 7.15. The average Bonchev–Trinajstić information content (AvgIpc) is 2.98. The number of nitrogens with one attached hydrogen (secondary N) is 1. The van der Waals surface area contributed by atoms with E-state index in [-0.39, 0.29) is 5.91 Å². The minimum absolute atomic E-state index is 0.183. The van der Waals surface area contributed by atoms with Crippen molar-refractivity contribution in [2.45, 2.75) is 19.3 Å². The van der Waals surface area contributed by atoms with Gasteiger partial charge in [-0.25, -0.2) is 4.98 Å². The molecule has 5 heteroatoms. The Morgan fingerprint density at radius 1 is 1.35 bits per heavy atom. The Hall–Kier alpha value is -1.65. The summed E-state index contributed by atoms with van der Waals surface area (Å²) in [5, 5.41) is 4.11. The van der Waals surface area contributed by atoms with Gasteiger partial charge in [0, 0.05) is 16.0 Å². The molecule has 1 aromatic heterocycles. The predicted octanol–water partition coefficient (Wildman–Crippen LogP) is 3.94. The molecule has 1 heterocycles. The van der Waals surface area contributed by atoms with Gasteiger partial charge in [0.25, 0.3) is 0 Å². The first-order valence-electron chi connectivity index (χ1n) is 6.44. The maximum atomic E-state index is 11.8. The molecule has 0 fully saturated rings. The summed E-state index contributed by atoms with van der Waals surface area (Å²) in [6.07, 6.45) is 6.47. The number of carbonyl (C=O) groups is 1. The Labute approximate surface area is 126 Å². The van der Waals surface area contributed by atoms with E-state index in [1.807, 2.05) is 18.2 Å². The fraction of sp³-hybridized carbons (Fsp3) is 0.200. The van der Waals surface area contributed by atoms with E-state index in [0.29, 0.717) is 10.2 Å². The fourth-order valence-electron chi connectivity index (χ4n) is 2.17. The van der Waals surface area contributed by atoms with Crippen molar-refractivity contribution >= 4 is 40.1 Å². The molecule has 0 unspecified atom stereocenters. The summed E-state index contributed by atoms with van der Waals surface area (Å²) in [6, 6.07) is 7.40. The van der Waals surface area contributed by atoms with Crippen LogP contribution in [0.25, 0.3) is 6.08 Å². The highest BCUT2D eigenvalue weighted by Gasteiger charge is 2.17. The number of carbonyl (C=O) groups excluding carboxylic acids is 1. The quantitative estimate of drug-likeness (QED) is 0.873. The standard InChI is InChI=1S/C15H13ClN2OS/c16-11-5-2-1-4-10(11)8-9-14(19)18-15-17-12-6-3-7-13(12)20-15/h1-2,4-5,8-9H,3,6-7H2,(H,17,18,19)/b9-8+. The Kier molecular flexibility index (Phi) is 3.85. The lowest BCUT2D eigenvalue weighted by molar-refractivity contribution is -0.111. The predicted molar refractivity (Wildman–Crippen MR) is 83.3 cm³/mol. The van der Waals surface area contributed by atoms with Crippen LogP contribution < -0.4 is 5.32 Å². The van der Waals surface area contributed by atoms with Gasteiger partial charge in [0.15, 0.2) is 5.13 Å². The lowest BCUT2D eigenvalue weighted by atomic mass is 10.2. The number of amides is 1. The van der Waals surface area contributed by atoms with Crippen LogP contribution in [-0.2, 0) is 17.6 Å². The molecule has 0 saturated carbocycles. The van der Waals surface area contributed by atoms with Crippen molar-refractivity contribution in [1.82, 2.24) is 4.98 Å². The molecule has 1 aliphatic carbocycles. The number of anilines is 1. The van der Waals surface area contributed by atoms with E-state index in [4.69, 9.17) is 11.6 Å². The van der Waals surface area contributed by atoms with Gasteiger partial charge >= 0.3 is 0 Å². The number of aryl methyl sites for hydroxylation is 2. The second-order valence-electron chi connectivity index (χ2n) is 4.59. The number of halogens is 1. The molecule has 0 saturated heterocycles.